The summed E-state index contributed by atoms with van der Waals surface area (Å²) in [5, 5.41) is 10.4. The van der Waals surface area contributed by atoms with Gasteiger partial charge in [-0.3, -0.25) is 4.57 Å². The van der Waals surface area contributed by atoms with Crippen molar-refractivity contribution in [3.05, 3.63) is 52.9 Å². The maximum absolute atomic E-state index is 11.7. The molecule has 0 aliphatic heterocycles. The van der Waals surface area contributed by atoms with Crippen LogP contribution < -0.4 is 0 Å². The molecule has 2 aromatic heterocycles. The van der Waals surface area contributed by atoms with Crippen molar-refractivity contribution in [1.29, 1.82) is 0 Å². The van der Waals surface area contributed by atoms with Crippen LogP contribution in [0.25, 0.3) is 11.4 Å². The fourth-order valence-electron chi connectivity index (χ4n) is 3.67. The van der Waals surface area contributed by atoms with E-state index in [-0.39, 0.29) is 11.0 Å². The van der Waals surface area contributed by atoms with Gasteiger partial charge in [-0.25, -0.2) is 4.79 Å². The monoisotopic (exact) mass is 431 g/mol. The van der Waals surface area contributed by atoms with Crippen molar-refractivity contribution in [3.8, 4) is 11.4 Å². The van der Waals surface area contributed by atoms with Crippen LogP contribution in [0.3, 0.4) is 0 Å². The molecular weight excluding hydrogens is 410 g/mol. The molecular formula is C21H22ClN3O3S. The largest absolute Gasteiger partial charge is 0.463 e. The summed E-state index contributed by atoms with van der Waals surface area (Å²) in [5.74, 6) is 1.20. The minimum absolute atomic E-state index is 0.0446. The number of hydrogen-bond donors (Lipinski definition) is 0. The lowest BCUT2D eigenvalue weighted by Gasteiger charge is -2.18. The minimum atomic E-state index is -0.483. The number of halogens is 1. The molecule has 1 aliphatic rings. The number of aromatic nitrogens is 3. The molecule has 8 heteroatoms. The van der Waals surface area contributed by atoms with E-state index in [1.807, 2.05) is 31.2 Å². The van der Waals surface area contributed by atoms with Crippen molar-refractivity contribution in [2.45, 2.75) is 49.1 Å². The normalized spacial score (nSPS) is 15.6. The molecule has 4 rings (SSSR count). The van der Waals surface area contributed by atoms with Crippen molar-refractivity contribution < 1.29 is 13.9 Å². The number of rotatable bonds is 6. The van der Waals surface area contributed by atoms with E-state index in [4.69, 9.17) is 20.8 Å². The summed E-state index contributed by atoms with van der Waals surface area (Å²) in [4.78, 5) is 11.7. The standard InChI is InChI=1S/C21H22ClN3O3S/c1-13(17-11-12-18(28-17)20(26)27-2)29-21-24-23-19(15-9-5-6-10-16(15)22)25(21)14-7-3-4-8-14/h5-6,9-14H,3-4,7-8H2,1-2H3. The number of methoxy groups -OCH3 is 1. The zero-order valence-electron chi connectivity index (χ0n) is 16.3. The molecule has 152 valence electrons. The van der Waals surface area contributed by atoms with Gasteiger partial charge in [-0.1, -0.05) is 48.3 Å². The second kappa shape index (κ2) is 8.63. The number of thioether (sulfide) groups is 1. The van der Waals surface area contributed by atoms with Crippen LogP contribution in [0.15, 0.2) is 46.0 Å². The highest BCUT2D eigenvalue weighted by Crippen LogP contribution is 2.42. The molecule has 1 aliphatic carbocycles. The summed E-state index contributed by atoms with van der Waals surface area (Å²) in [5.41, 5.74) is 0.888. The average Bonchev–Trinajstić information content (AvgIpc) is 3.48. The van der Waals surface area contributed by atoms with Gasteiger partial charge in [0.05, 0.1) is 17.4 Å². The molecule has 0 radical (unpaired) electrons. The Kier molecular flexibility index (Phi) is 5.96. The molecule has 2 heterocycles. The Balaban J connectivity index is 1.66. The number of carbonyl (C=O) groups excluding carboxylic acids is 1. The predicted molar refractivity (Wildman–Crippen MR) is 112 cm³/mol. The van der Waals surface area contributed by atoms with Crippen molar-refractivity contribution in [1.82, 2.24) is 14.8 Å². The van der Waals surface area contributed by atoms with Gasteiger partial charge in [0.15, 0.2) is 11.0 Å². The molecule has 3 aromatic rings. The number of benzene rings is 1. The summed E-state index contributed by atoms with van der Waals surface area (Å²) in [6.07, 6.45) is 4.60. The molecule has 29 heavy (non-hydrogen) atoms. The highest BCUT2D eigenvalue weighted by molar-refractivity contribution is 7.99. The Bertz CT molecular complexity index is 1010. The highest BCUT2D eigenvalue weighted by atomic mass is 35.5. The van der Waals surface area contributed by atoms with Gasteiger partial charge in [0.2, 0.25) is 5.76 Å². The number of ether oxygens (including phenoxy) is 1. The Morgan fingerprint density at radius 1 is 1.24 bits per heavy atom. The quantitative estimate of drug-likeness (QED) is 0.355. The summed E-state index contributed by atoms with van der Waals surface area (Å²) in [6, 6.07) is 11.5. The molecule has 1 atom stereocenters. The number of carbonyl (C=O) groups is 1. The van der Waals surface area contributed by atoms with Gasteiger partial charge in [-0.2, -0.15) is 0 Å². The van der Waals surface area contributed by atoms with Crippen molar-refractivity contribution in [3.63, 3.8) is 0 Å². The van der Waals surface area contributed by atoms with E-state index >= 15 is 0 Å². The third kappa shape index (κ3) is 4.07. The zero-order chi connectivity index (χ0) is 20.4. The van der Waals surface area contributed by atoms with E-state index in [1.165, 1.54) is 20.0 Å². The SMILES string of the molecule is COC(=O)c1ccc(C(C)Sc2nnc(-c3ccccc3Cl)n2C2CCCC2)o1. The lowest BCUT2D eigenvalue weighted by Crippen LogP contribution is -2.09. The second-order valence-electron chi connectivity index (χ2n) is 7.05. The van der Waals surface area contributed by atoms with Crippen LogP contribution in [-0.4, -0.2) is 27.8 Å². The third-order valence-corrected chi connectivity index (χ3v) is 6.57. The molecule has 0 bridgehead atoms. The first kappa shape index (κ1) is 20.0. The van der Waals surface area contributed by atoms with Gasteiger partial charge in [-0.05, 0) is 44.0 Å². The number of furan rings is 1. The average molecular weight is 432 g/mol. The van der Waals surface area contributed by atoms with Crippen LogP contribution in [0.2, 0.25) is 5.02 Å². The first-order valence-corrected chi connectivity index (χ1v) is 10.9. The van der Waals surface area contributed by atoms with Crippen LogP contribution in [0.1, 0.15) is 60.2 Å². The highest BCUT2D eigenvalue weighted by Gasteiger charge is 2.27. The summed E-state index contributed by atoms with van der Waals surface area (Å²) in [7, 11) is 1.34. The number of esters is 1. The van der Waals surface area contributed by atoms with Gasteiger partial charge >= 0.3 is 5.97 Å². The van der Waals surface area contributed by atoms with Crippen molar-refractivity contribution >= 4 is 29.3 Å². The molecule has 0 spiro atoms. The van der Waals surface area contributed by atoms with Crippen molar-refractivity contribution in [2.24, 2.45) is 0 Å². The van der Waals surface area contributed by atoms with Gasteiger partial charge in [-0.15, -0.1) is 10.2 Å². The first-order chi connectivity index (χ1) is 14.1. The van der Waals surface area contributed by atoms with E-state index in [1.54, 1.807) is 23.9 Å². The maximum atomic E-state index is 11.7. The Hall–Kier alpha value is -2.25. The van der Waals surface area contributed by atoms with Crippen LogP contribution in [-0.2, 0) is 4.74 Å². The lowest BCUT2D eigenvalue weighted by atomic mass is 10.2. The third-order valence-electron chi connectivity index (χ3n) is 5.17. The van der Waals surface area contributed by atoms with E-state index < -0.39 is 5.97 Å². The van der Waals surface area contributed by atoms with Crippen LogP contribution in [0.4, 0.5) is 0 Å². The lowest BCUT2D eigenvalue weighted by molar-refractivity contribution is 0.0563. The molecule has 6 nitrogen and oxygen atoms in total. The van der Waals surface area contributed by atoms with Crippen LogP contribution in [0.5, 0.6) is 0 Å². The molecule has 0 amide bonds. The Morgan fingerprint density at radius 3 is 2.72 bits per heavy atom. The van der Waals surface area contributed by atoms with Crippen LogP contribution >= 0.6 is 23.4 Å². The molecule has 1 unspecified atom stereocenters. The van der Waals surface area contributed by atoms with E-state index in [2.05, 4.69) is 14.8 Å². The summed E-state index contributed by atoms with van der Waals surface area (Å²) < 4.78 is 12.6. The predicted octanol–water partition coefficient (Wildman–Crippen LogP) is 5.95. The molecule has 0 saturated heterocycles. The van der Waals surface area contributed by atoms with E-state index in [9.17, 15) is 4.79 Å². The molecule has 1 fully saturated rings. The zero-order valence-corrected chi connectivity index (χ0v) is 17.9. The molecule has 0 N–H and O–H groups in total. The fraction of sp³-hybridized carbons (Fsp3) is 0.381. The Morgan fingerprint density at radius 2 is 2.00 bits per heavy atom. The minimum Gasteiger partial charge on any atom is -0.463 e. The smallest absolute Gasteiger partial charge is 0.373 e. The van der Waals surface area contributed by atoms with Gasteiger partial charge in [0.1, 0.15) is 5.76 Å². The van der Waals surface area contributed by atoms with E-state index in [0.29, 0.717) is 16.8 Å². The summed E-state index contributed by atoms with van der Waals surface area (Å²) in [6.45, 7) is 2.02. The number of hydrogen-bond acceptors (Lipinski definition) is 6. The number of nitrogens with zero attached hydrogens (tertiary/aromatic N) is 3. The summed E-state index contributed by atoms with van der Waals surface area (Å²) >= 11 is 8.01. The molecule has 1 aromatic carbocycles. The molecule has 1 saturated carbocycles. The first-order valence-electron chi connectivity index (χ1n) is 9.63. The maximum Gasteiger partial charge on any atom is 0.373 e. The van der Waals surface area contributed by atoms with Gasteiger partial charge in [0.25, 0.3) is 0 Å². The van der Waals surface area contributed by atoms with E-state index in [0.717, 1.165) is 29.4 Å². The fourth-order valence-corrected chi connectivity index (χ4v) is 4.89. The van der Waals surface area contributed by atoms with Gasteiger partial charge in [0, 0.05) is 11.6 Å². The topological polar surface area (TPSA) is 70.2 Å². The van der Waals surface area contributed by atoms with Crippen LogP contribution in [0, 0.1) is 0 Å². The Labute approximate surface area is 178 Å². The second-order valence-corrected chi connectivity index (χ2v) is 8.76. The van der Waals surface area contributed by atoms with Crippen molar-refractivity contribution in [2.75, 3.05) is 7.11 Å². The van der Waals surface area contributed by atoms with Gasteiger partial charge < -0.3 is 9.15 Å².